The Hall–Kier alpha value is -1.32. The van der Waals surface area contributed by atoms with Gasteiger partial charge in [-0.05, 0) is 25.3 Å². The molecule has 0 amide bonds. The van der Waals surface area contributed by atoms with Crippen LogP contribution in [-0.4, -0.2) is 73.4 Å². The third-order valence-corrected chi connectivity index (χ3v) is 8.62. The number of hydrogen-bond donors (Lipinski definition) is 5. The lowest BCUT2D eigenvalue weighted by molar-refractivity contribution is -0.356. The Labute approximate surface area is 162 Å². The molecule has 0 radical (unpaired) electrons. The topological polar surface area (TPSA) is 145 Å². The van der Waals surface area contributed by atoms with Gasteiger partial charge in [0.05, 0.1) is 12.2 Å². The van der Waals surface area contributed by atoms with Crippen LogP contribution in [0.3, 0.4) is 0 Å². The summed E-state index contributed by atoms with van der Waals surface area (Å²) in [4.78, 5) is 24.8. The van der Waals surface area contributed by atoms with Crippen LogP contribution in [0, 0.1) is 28.6 Å². The van der Waals surface area contributed by atoms with Crippen molar-refractivity contribution in [3.05, 3.63) is 11.6 Å². The fourth-order valence-corrected chi connectivity index (χ4v) is 7.10. The lowest BCUT2D eigenvalue weighted by atomic mass is 9.36. The van der Waals surface area contributed by atoms with E-state index in [1.165, 1.54) is 13.0 Å². The molecule has 1 heterocycles. The number of carbonyl (C=O) groups excluding carboxylic acids is 2. The highest BCUT2D eigenvalue weighted by Crippen LogP contribution is 2.69. The van der Waals surface area contributed by atoms with Crippen molar-refractivity contribution >= 4 is 11.8 Å². The average Bonchev–Trinajstić information content (AvgIpc) is 2.63. The van der Waals surface area contributed by atoms with Crippen molar-refractivity contribution in [3.8, 4) is 0 Å². The molecule has 8 nitrogen and oxygen atoms in total. The maximum absolute atomic E-state index is 12.5. The fraction of sp³-hybridized carbons (Fsp3) is 0.800. The first kappa shape index (κ1) is 20.0. The Morgan fingerprint density at radius 3 is 2.29 bits per heavy atom. The average molecular weight is 396 g/mol. The summed E-state index contributed by atoms with van der Waals surface area (Å²) in [7, 11) is 0. The molecule has 0 aromatic rings. The van der Waals surface area contributed by atoms with Gasteiger partial charge in [0.2, 0.25) is 0 Å². The van der Waals surface area contributed by atoms with Gasteiger partial charge < -0.3 is 30.3 Å². The number of aliphatic hydroxyl groups excluding tert-OH is 4. The SMILES string of the molecule is CC1=CC(=O)[C@@H](O)[C@@]2(C)[C@@H]1C[C@H]1OC(=O)[C@H](O)[C@@]3(O)[C@@H](C)[C@@H](O)[C@H](O)[C@H]2[C@@]13C. The molecule has 156 valence electrons. The molecule has 1 aliphatic heterocycles. The molecule has 1 saturated heterocycles. The summed E-state index contributed by atoms with van der Waals surface area (Å²) in [6, 6.07) is 0. The van der Waals surface area contributed by atoms with Crippen LogP contribution in [0.1, 0.15) is 34.1 Å². The first-order valence-corrected chi connectivity index (χ1v) is 9.71. The van der Waals surface area contributed by atoms with Gasteiger partial charge in [-0.25, -0.2) is 4.79 Å². The third kappa shape index (κ3) is 1.89. The van der Waals surface area contributed by atoms with Crippen molar-refractivity contribution in [1.29, 1.82) is 0 Å². The molecule has 0 unspecified atom stereocenters. The van der Waals surface area contributed by atoms with Crippen molar-refractivity contribution in [2.24, 2.45) is 28.6 Å². The van der Waals surface area contributed by atoms with E-state index >= 15 is 0 Å². The number of rotatable bonds is 0. The number of fused-ring (bicyclic) bond motifs is 2. The van der Waals surface area contributed by atoms with Crippen molar-refractivity contribution < 1.29 is 39.9 Å². The Morgan fingerprint density at radius 1 is 1.07 bits per heavy atom. The zero-order valence-electron chi connectivity index (χ0n) is 16.4. The number of carbonyl (C=O) groups is 2. The summed E-state index contributed by atoms with van der Waals surface area (Å²) in [5.74, 6) is -3.94. The Bertz CT molecular complexity index is 778. The van der Waals surface area contributed by atoms with Gasteiger partial charge in [0.15, 0.2) is 11.9 Å². The molecule has 28 heavy (non-hydrogen) atoms. The van der Waals surface area contributed by atoms with E-state index in [1.807, 2.05) is 0 Å². The second-order valence-electron chi connectivity index (χ2n) is 9.53. The Kier molecular flexibility index (Phi) is 4.02. The van der Waals surface area contributed by atoms with Gasteiger partial charge in [-0.1, -0.05) is 26.3 Å². The molecule has 0 aromatic carbocycles. The van der Waals surface area contributed by atoms with Crippen molar-refractivity contribution in [2.45, 2.75) is 70.2 Å². The van der Waals surface area contributed by atoms with E-state index in [9.17, 15) is 35.1 Å². The van der Waals surface area contributed by atoms with Gasteiger partial charge in [0, 0.05) is 22.7 Å². The number of allylic oxidation sites excluding steroid dienone is 1. The summed E-state index contributed by atoms with van der Waals surface area (Å²) >= 11 is 0. The molecule has 0 bridgehead atoms. The largest absolute Gasteiger partial charge is 0.460 e. The molecule has 2 saturated carbocycles. The summed E-state index contributed by atoms with van der Waals surface area (Å²) in [6.45, 7) is 6.49. The summed E-state index contributed by atoms with van der Waals surface area (Å²) in [5, 5.41) is 55.0. The van der Waals surface area contributed by atoms with E-state index in [1.54, 1.807) is 20.8 Å². The number of aliphatic hydroxyl groups is 5. The number of esters is 1. The van der Waals surface area contributed by atoms with E-state index in [0.717, 1.165) is 0 Å². The Morgan fingerprint density at radius 2 is 1.68 bits per heavy atom. The highest BCUT2D eigenvalue weighted by Gasteiger charge is 2.79. The van der Waals surface area contributed by atoms with E-state index < -0.39 is 76.5 Å². The molecule has 5 N–H and O–H groups in total. The maximum atomic E-state index is 12.5. The van der Waals surface area contributed by atoms with E-state index in [0.29, 0.717) is 5.57 Å². The zero-order valence-corrected chi connectivity index (χ0v) is 16.4. The van der Waals surface area contributed by atoms with Crippen molar-refractivity contribution in [2.75, 3.05) is 0 Å². The fourth-order valence-electron chi connectivity index (χ4n) is 7.10. The molecule has 0 aromatic heterocycles. The number of ether oxygens (including phenoxy) is 1. The van der Waals surface area contributed by atoms with E-state index in [2.05, 4.69) is 0 Å². The summed E-state index contributed by atoms with van der Waals surface area (Å²) in [5.41, 5.74) is -4.02. The Balaban J connectivity index is 2.01. The third-order valence-electron chi connectivity index (χ3n) is 8.62. The molecule has 4 rings (SSSR count). The molecule has 3 aliphatic carbocycles. The number of ketones is 1. The van der Waals surface area contributed by atoms with Crippen LogP contribution >= 0.6 is 0 Å². The lowest BCUT2D eigenvalue weighted by Gasteiger charge is -2.71. The minimum absolute atomic E-state index is 0.229. The van der Waals surface area contributed by atoms with Gasteiger partial charge in [-0.2, -0.15) is 0 Å². The first-order valence-electron chi connectivity index (χ1n) is 9.71. The highest BCUT2D eigenvalue weighted by atomic mass is 16.6. The van der Waals surface area contributed by atoms with Crippen LogP contribution in [0.4, 0.5) is 0 Å². The molecular formula is C20H28O8. The van der Waals surface area contributed by atoms with Crippen LogP contribution in [0.25, 0.3) is 0 Å². The summed E-state index contributed by atoms with van der Waals surface area (Å²) < 4.78 is 5.51. The highest BCUT2D eigenvalue weighted by molar-refractivity contribution is 5.96. The van der Waals surface area contributed by atoms with Gasteiger partial charge in [0.1, 0.15) is 17.8 Å². The van der Waals surface area contributed by atoms with Crippen LogP contribution in [0.15, 0.2) is 11.6 Å². The monoisotopic (exact) mass is 396 g/mol. The molecular weight excluding hydrogens is 368 g/mol. The molecule has 8 heteroatoms. The molecule has 4 aliphatic rings. The van der Waals surface area contributed by atoms with Gasteiger partial charge in [-0.3, -0.25) is 4.79 Å². The number of hydrogen-bond acceptors (Lipinski definition) is 8. The predicted molar refractivity (Wildman–Crippen MR) is 94.6 cm³/mol. The normalized spacial score (nSPS) is 58.4. The van der Waals surface area contributed by atoms with Crippen LogP contribution < -0.4 is 0 Å². The summed E-state index contributed by atoms with van der Waals surface area (Å²) in [6.07, 6.45) is -5.50. The maximum Gasteiger partial charge on any atom is 0.338 e. The minimum atomic E-state index is -2.10. The first-order chi connectivity index (χ1) is 12.8. The lowest BCUT2D eigenvalue weighted by Crippen LogP contribution is -2.83. The van der Waals surface area contributed by atoms with Crippen molar-refractivity contribution in [1.82, 2.24) is 0 Å². The standard InChI is InChI=1S/C20H28O8/c1-7-5-10(21)15(24)18(3)9(7)6-11-19(4)14(18)13(23)12(22)8(2)20(19,27)16(25)17(26)28-11/h5,8-9,11-16,22-25,27H,6H2,1-4H3/t8-,9+,11+,12+,13-,14+,15+,16-,18-,19+,20-/m0/s1. The van der Waals surface area contributed by atoms with Gasteiger partial charge in [-0.15, -0.1) is 0 Å². The van der Waals surface area contributed by atoms with Gasteiger partial charge in [0.25, 0.3) is 0 Å². The van der Waals surface area contributed by atoms with Gasteiger partial charge >= 0.3 is 5.97 Å². The smallest absolute Gasteiger partial charge is 0.338 e. The van der Waals surface area contributed by atoms with E-state index in [-0.39, 0.29) is 6.42 Å². The van der Waals surface area contributed by atoms with E-state index in [4.69, 9.17) is 4.74 Å². The second-order valence-corrected chi connectivity index (χ2v) is 9.53. The van der Waals surface area contributed by atoms with Crippen LogP contribution in [-0.2, 0) is 14.3 Å². The molecule has 3 fully saturated rings. The van der Waals surface area contributed by atoms with Crippen molar-refractivity contribution in [3.63, 3.8) is 0 Å². The molecule has 11 atom stereocenters. The van der Waals surface area contributed by atoms with Crippen LogP contribution in [0.2, 0.25) is 0 Å². The quantitative estimate of drug-likeness (QED) is 0.325. The van der Waals surface area contributed by atoms with Crippen LogP contribution in [0.5, 0.6) is 0 Å². The predicted octanol–water partition coefficient (Wildman–Crippen LogP) is -1.09. The second kappa shape index (κ2) is 5.64. The minimum Gasteiger partial charge on any atom is -0.460 e. The molecule has 0 spiro atoms. The zero-order chi connectivity index (χ0) is 21.0.